The van der Waals surface area contributed by atoms with Crippen LogP contribution in [0.1, 0.15) is 37.9 Å². The van der Waals surface area contributed by atoms with Crippen LogP contribution in [0.15, 0.2) is 40.9 Å². The Morgan fingerprint density at radius 3 is 2.66 bits per heavy atom. The second-order valence-corrected chi connectivity index (χ2v) is 11.3. The van der Waals surface area contributed by atoms with Crippen molar-refractivity contribution in [1.82, 2.24) is 15.8 Å². The van der Waals surface area contributed by atoms with Crippen LogP contribution < -0.4 is 20.4 Å². The van der Waals surface area contributed by atoms with E-state index in [0.29, 0.717) is 5.56 Å². The summed E-state index contributed by atoms with van der Waals surface area (Å²) in [6, 6.07) is 9.53. The van der Waals surface area contributed by atoms with Crippen molar-refractivity contribution in [3.05, 3.63) is 53.3 Å². The largest absolute Gasteiger partial charge is 0.447 e. The number of aliphatic hydroxyl groups is 1. The number of ether oxygens (including phenoxy) is 2. The summed E-state index contributed by atoms with van der Waals surface area (Å²) in [6.45, 7) is 5.59. The zero-order chi connectivity index (χ0) is 28.8. The molecule has 2 aromatic carbocycles. The van der Waals surface area contributed by atoms with Crippen LogP contribution in [-0.4, -0.2) is 65.4 Å². The number of hydrogen-bond donors (Lipinski definition) is 3. The molecule has 41 heavy (non-hydrogen) atoms. The third kappa shape index (κ3) is 3.27. The Labute approximate surface area is 233 Å². The second kappa shape index (κ2) is 8.63. The molecule has 13 heteroatoms. The fraction of sp³-hybridized carbons (Fsp3) is 0.429. The number of cyclic esters (lactones) is 1. The minimum Gasteiger partial charge on any atom is -0.447 e. The number of urea groups is 1. The van der Waals surface area contributed by atoms with E-state index in [1.54, 1.807) is 24.8 Å². The number of fused-ring (bicyclic) bond motifs is 5. The van der Waals surface area contributed by atoms with Crippen LogP contribution in [-0.2, 0) is 20.7 Å². The van der Waals surface area contributed by atoms with Gasteiger partial charge in [-0.25, -0.2) is 18.9 Å². The Morgan fingerprint density at radius 1 is 1.17 bits per heavy atom. The van der Waals surface area contributed by atoms with E-state index in [9.17, 15) is 19.5 Å². The lowest BCUT2D eigenvalue weighted by Crippen LogP contribution is -2.82. The molecule has 0 saturated carbocycles. The van der Waals surface area contributed by atoms with Crippen molar-refractivity contribution in [2.24, 2.45) is 5.41 Å². The molecule has 4 amide bonds. The zero-order valence-corrected chi connectivity index (χ0v) is 22.5. The monoisotopic (exact) mass is 565 g/mol. The van der Waals surface area contributed by atoms with Gasteiger partial charge in [0.2, 0.25) is 11.5 Å². The predicted octanol–water partition coefficient (Wildman–Crippen LogP) is 2.74. The molecule has 214 valence electrons. The van der Waals surface area contributed by atoms with E-state index in [1.807, 2.05) is 37.3 Å². The highest BCUT2D eigenvalue weighted by Gasteiger charge is 2.69. The fourth-order valence-electron chi connectivity index (χ4n) is 7.15. The van der Waals surface area contributed by atoms with Crippen LogP contribution >= 0.6 is 0 Å². The Hall–Kier alpha value is -4.23. The summed E-state index contributed by atoms with van der Waals surface area (Å²) in [7, 11) is 0. The molecule has 12 nitrogen and oxygen atoms in total. The number of benzene rings is 2. The minimum atomic E-state index is -1.65. The number of carbonyl (C=O) groups is 3. The van der Waals surface area contributed by atoms with Gasteiger partial charge in [-0.05, 0) is 44.4 Å². The molecular weight excluding hydrogens is 537 g/mol. The molecule has 2 unspecified atom stereocenters. The normalized spacial score (nSPS) is 33.0. The maximum atomic E-state index is 16.6. The van der Waals surface area contributed by atoms with Gasteiger partial charge < -0.3 is 29.3 Å². The van der Waals surface area contributed by atoms with Gasteiger partial charge in [0, 0.05) is 6.54 Å². The van der Waals surface area contributed by atoms with E-state index in [1.165, 1.54) is 4.90 Å². The number of anilines is 2. The second-order valence-electron chi connectivity index (χ2n) is 11.3. The first-order chi connectivity index (χ1) is 19.6. The van der Waals surface area contributed by atoms with Crippen LogP contribution in [0.3, 0.4) is 0 Å². The average molecular weight is 566 g/mol. The van der Waals surface area contributed by atoms with Crippen LogP contribution in [0.4, 0.5) is 25.5 Å². The molecule has 5 heterocycles. The SMILES string of the molecule is C[C@H]1CN2c3c(cc4c(N5C(=O)OC[C@@H]5c5ccccc5)noc4c3F)CC3(C(=O)NC(=O)NC3O)[C@]2(C)[C@@H](C)O1. The number of hydrogen-bond acceptors (Lipinski definition) is 9. The molecule has 4 aliphatic heterocycles. The molecular formula is C28H28FN5O7. The first kappa shape index (κ1) is 25.7. The highest BCUT2D eigenvalue weighted by Crippen LogP contribution is 2.56. The number of nitrogens with zero attached hydrogens (tertiary/aromatic N) is 3. The third-order valence-electron chi connectivity index (χ3n) is 9.26. The third-order valence-corrected chi connectivity index (χ3v) is 9.26. The van der Waals surface area contributed by atoms with Gasteiger partial charge in [0.05, 0.1) is 28.8 Å². The van der Waals surface area contributed by atoms with Gasteiger partial charge in [0.15, 0.2) is 11.6 Å². The zero-order valence-electron chi connectivity index (χ0n) is 22.5. The minimum absolute atomic E-state index is 0.0711. The van der Waals surface area contributed by atoms with Crippen LogP contribution in [0, 0.1) is 11.2 Å². The average Bonchev–Trinajstić information content (AvgIpc) is 3.52. The van der Waals surface area contributed by atoms with Crippen LogP contribution in [0.2, 0.25) is 0 Å². The summed E-state index contributed by atoms with van der Waals surface area (Å²) in [4.78, 5) is 41.8. The molecule has 0 aliphatic carbocycles. The Morgan fingerprint density at radius 2 is 1.93 bits per heavy atom. The summed E-state index contributed by atoms with van der Waals surface area (Å²) in [6.07, 6.45) is -3.39. The van der Waals surface area contributed by atoms with Crippen molar-refractivity contribution in [3.8, 4) is 0 Å². The predicted molar refractivity (Wildman–Crippen MR) is 142 cm³/mol. The first-order valence-corrected chi connectivity index (χ1v) is 13.4. The van der Waals surface area contributed by atoms with Crippen molar-refractivity contribution in [3.63, 3.8) is 0 Å². The van der Waals surface area contributed by atoms with Gasteiger partial charge in [0.1, 0.15) is 24.3 Å². The highest BCUT2D eigenvalue weighted by atomic mass is 19.1. The van der Waals surface area contributed by atoms with E-state index in [-0.39, 0.29) is 48.2 Å². The summed E-state index contributed by atoms with van der Waals surface area (Å²) in [5, 5.41) is 20.4. The standard InChI is InChI=1S/C28H28FN5O7/c1-13-11-33-20-16(10-28(27(33,3)14(2)40-13)23(35)30-25(37)31-24(28)36)9-17-21(19(20)29)41-32-22(17)34-18(12-39-26(34)38)15-7-5-4-6-8-15/h4-9,13-14,18,23,35H,10-12H2,1-3H3,(H2,30,31,36,37)/t13-,14+,18+,23?,27-,28?/m0/s1. The van der Waals surface area contributed by atoms with Gasteiger partial charge >= 0.3 is 12.1 Å². The molecule has 1 spiro atoms. The quantitative estimate of drug-likeness (QED) is 0.427. The Kier molecular flexibility index (Phi) is 5.42. The molecule has 3 N–H and O–H groups in total. The maximum absolute atomic E-state index is 16.6. The van der Waals surface area contributed by atoms with E-state index >= 15 is 4.39 Å². The van der Waals surface area contributed by atoms with E-state index in [2.05, 4.69) is 15.8 Å². The Bertz CT molecular complexity index is 1610. The number of rotatable bonds is 2. The molecule has 1 aromatic heterocycles. The molecule has 0 radical (unpaired) electrons. The van der Waals surface area contributed by atoms with E-state index in [0.717, 1.165) is 5.56 Å². The molecule has 3 saturated heterocycles. The van der Waals surface area contributed by atoms with Crippen molar-refractivity contribution in [2.75, 3.05) is 23.0 Å². The number of morpholine rings is 1. The topological polar surface area (TPSA) is 146 Å². The summed E-state index contributed by atoms with van der Waals surface area (Å²) in [5.74, 6) is -1.33. The molecule has 7 rings (SSSR count). The lowest BCUT2D eigenvalue weighted by Gasteiger charge is -2.64. The maximum Gasteiger partial charge on any atom is 0.416 e. The highest BCUT2D eigenvalue weighted by molar-refractivity contribution is 6.04. The van der Waals surface area contributed by atoms with E-state index < -0.39 is 53.2 Å². The lowest BCUT2D eigenvalue weighted by molar-refractivity contribution is -0.172. The number of aromatic nitrogens is 1. The molecule has 4 aliphatic rings. The molecule has 0 bridgehead atoms. The smallest absolute Gasteiger partial charge is 0.416 e. The number of nitrogens with one attached hydrogen (secondary N) is 2. The summed E-state index contributed by atoms with van der Waals surface area (Å²) in [5.41, 5.74) is -1.71. The summed E-state index contributed by atoms with van der Waals surface area (Å²) >= 11 is 0. The van der Waals surface area contributed by atoms with E-state index in [4.69, 9.17) is 14.0 Å². The van der Waals surface area contributed by atoms with Gasteiger partial charge in [-0.2, -0.15) is 0 Å². The van der Waals surface area contributed by atoms with Gasteiger partial charge in [-0.3, -0.25) is 10.1 Å². The number of imide groups is 1. The number of aliphatic hydroxyl groups excluding tert-OH is 1. The molecule has 6 atom stereocenters. The van der Waals surface area contributed by atoms with Gasteiger partial charge in [-0.15, -0.1) is 0 Å². The van der Waals surface area contributed by atoms with Crippen LogP contribution in [0.5, 0.6) is 0 Å². The first-order valence-electron chi connectivity index (χ1n) is 13.4. The number of amides is 4. The number of carbonyl (C=O) groups excluding carboxylic acids is 3. The van der Waals surface area contributed by atoms with Crippen molar-refractivity contribution in [1.29, 1.82) is 0 Å². The fourth-order valence-corrected chi connectivity index (χ4v) is 7.15. The lowest BCUT2D eigenvalue weighted by atomic mass is 9.58. The van der Waals surface area contributed by atoms with Crippen molar-refractivity contribution < 1.29 is 37.9 Å². The van der Waals surface area contributed by atoms with Gasteiger partial charge in [0.25, 0.3) is 0 Å². The Balaban J connectivity index is 1.44. The van der Waals surface area contributed by atoms with Crippen molar-refractivity contribution in [2.45, 2.75) is 57.2 Å². The summed E-state index contributed by atoms with van der Waals surface area (Å²) < 4.78 is 33.6. The van der Waals surface area contributed by atoms with Crippen molar-refractivity contribution >= 4 is 40.5 Å². The molecule has 3 fully saturated rings. The molecule has 3 aromatic rings. The number of halogens is 1. The van der Waals surface area contributed by atoms with Crippen LogP contribution in [0.25, 0.3) is 11.0 Å². The van der Waals surface area contributed by atoms with Gasteiger partial charge in [-0.1, -0.05) is 35.5 Å².